The van der Waals surface area contributed by atoms with Gasteiger partial charge in [-0.15, -0.1) is 11.3 Å². The molecule has 0 aliphatic carbocycles. The van der Waals surface area contributed by atoms with Crippen molar-refractivity contribution >= 4 is 40.2 Å². The molecule has 4 rings (SSSR count). The number of nitrogens with zero attached hydrogens (tertiary/aromatic N) is 2. The number of thiophene rings is 1. The molecule has 5 N–H and O–H groups in total. The summed E-state index contributed by atoms with van der Waals surface area (Å²) in [6.45, 7) is 4.05. The lowest BCUT2D eigenvalue weighted by Crippen LogP contribution is -2.62. The normalized spacial score (nSPS) is 18.1. The summed E-state index contributed by atoms with van der Waals surface area (Å²) in [6.07, 6.45) is -3.52. The first kappa shape index (κ1) is 37.6. The lowest BCUT2D eigenvalue weighted by Gasteiger charge is -2.46. The zero-order valence-corrected chi connectivity index (χ0v) is 27.1. The van der Waals surface area contributed by atoms with Crippen LogP contribution in [0.25, 0.3) is 0 Å². The van der Waals surface area contributed by atoms with E-state index >= 15 is 0 Å². The molecule has 1 saturated heterocycles. The molecule has 2 aromatic carbocycles. The lowest BCUT2D eigenvalue weighted by atomic mass is 9.96. The van der Waals surface area contributed by atoms with Crippen molar-refractivity contribution in [3.8, 4) is 11.5 Å². The topological polar surface area (TPSA) is 182 Å². The standard InChI is InChI=1S/C30H36N4O6S.C2HF3O2/c1-3-40-29(38)26-13-14-27(41-26)32-30(39)33(25(28(31)37)17-20-9-11-23(35)12-10-20)22-7-5-15-34(2,19-22)18-21-6-4-8-24(36)16-21;3-2(4,5)1(6)7/h4,6,8-14,16,22,25H,3,5,7,15,17-19H2,1-2H3,(H4-,31,32,35,36,37,38,39);(H,6,7)/t22-,25+,34?;/m1./s1. The van der Waals surface area contributed by atoms with Crippen LogP contribution in [-0.2, 0) is 27.3 Å². The molecular weight excluding hydrogens is 657 g/mol. The van der Waals surface area contributed by atoms with Gasteiger partial charge in [0.25, 0.3) is 0 Å². The largest absolute Gasteiger partial charge is 0.542 e. The number of anilines is 1. The highest BCUT2D eigenvalue weighted by molar-refractivity contribution is 7.18. The number of aliphatic carboxylic acids is 1. The summed E-state index contributed by atoms with van der Waals surface area (Å²) < 4.78 is 37.2. The quantitative estimate of drug-likeness (QED) is 0.184. The first-order valence-corrected chi connectivity index (χ1v) is 15.7. The van der Waals surface area contributed by atoms with E-state index in [1.165, 1.54) is 12.1 Å². The van der Waals surface area contributed by atoms with Gasteiger partial charge in [0, 0.05) is 12.0 Å². The van der Waals surface area contributed by atoms with Crippen molar-refractivity contribution in [2.75, 3.05) is 32.1 Å². The fourth-order valence-electron chi connectivity index (χ4n) is 5.51. The average molecular weight is 695 g/mol. The molecule has 0 spiro atoms. The summed E-state index contributed by atoms with van der Waals surface area (Å²) in [7, 11) is 2.11. The van der Waals surface area contributed by atoms with E-state index in [2.05, 4.69) is 12.4 Å². The Morgan fingerprint density at radius 1 is 1.08 bits per heavy atom. The second-order valence-electron chi connectivity index (χ2n) is 11.4. The smallest absolute Gasteiger partial charge is 0.430 e. The zero-order chi connectivity index (χ0) is 35.6. The number of ether oxygens (including phenoxy) is 1. The molecule has 1 aromatic heterocycles. The minimum Gasteiger partial charge on any atom is -0.542 e. The number of hydrogen-bond acceptors (Lipinski definition) is 9. The maximum atomic E-state index is 13.9. The lowest BCUT2D eigenvalue weighted by molar-refractivity contribution is -0.928. The number of phenols is 2. The molecule has 260 valence electrons. The summed E-state index contributed by atoms with van der Waals surface area (Å²) in [5.74, 6) is -3.82. The molecule has 48 heavy (non-hydrogen) atoms. The Morgan fingerprint density at radius 3 is 2.33 bits per heavy atom. The van der Waals surface area contributed by atoms with Gasteiger partial charge in [-0.2, -0.15) is 13.2 Å². The number of likely N-dealkylation sites (tertiary alicyclic amines) is 1. The van der Waals surface area contributed by atoms with Crippen molar-refractivity contribution in [2.24, 2.45) is 5.73 Å². The van der Waals surface area contributed by atoms with Crippen LogP contribution in [0.3, 0.4) is 0 Å². The number of carboxylic acid groups (broad SMARTS) is 1. The van der Waals surface area contributed by atoms with Crippen LogP contribution in [0.2, 0.25) is 0 Å². The number of likely N-dealkylation sites (N-methyl/N-ethyl adjacent to an activating group) is 1. The summed E-state index contributed by atoms with van der Waals surface area (Å²) in [4.78, 5) is 49.7. The molecule has 12 nitrogen and oxygen atoms in total. The highest BCUT2D eigenvalue weighted by atomic mass is 32.1. The van der Waals surface area contributed by atoms with Crippen molar-refractivity contribution in [1.82, 2.24) is 4.90 Å². The van der Waals surface area contributed by atoms with E-state index in [0.717, 1.165) is 35.4 Å². The number of quaternary nitrogens is 1. The molecule has 0 bridgehead atoms. The average Bonchev–Trinajstić information content (AvgIpc) is 3.46. The van der Waals surface area contributed by atoms with Crippen molar-refractivity contribution in [3.05, 3.63) is 76.7 Å². The van der Waals surface area contributed by atoms with E-state index in [1.807, 2.05) is 12.1 Å². The van der Waals surface area contributed by atoms with Crippen molar-refractivity contribution in [1.29, 1.82) is 0 Å². The van der Waals surface area contributed by atoms with Crippen molar-refractivity contribution in [3.63, 3.8) is 0 Å². The Balaban J connectivity index is 0.000000804. The van der Waals surface area contributed by atoms with Gasteiger partial charge in [-0.25, -0.2) is 9.59 Å². The number of nitrogens with one attached hydrogen (secondary N) is 1. The van der Waals surface area contributed by atoms with Crippen LogP contribution in [0.15, 0.2) is 60.7 Å². The van der Waals surface area contributed by atoms with E-state index in [4.69, 9.17) is 20.4 Å². The predicted octanol–water partition coefficient (Wildman–Crippen LogP) is 3.37. The number of carbonyl (C=O) groups excluding carboxylic acids is 4. The Morgan fingerprint density at radius 2 is 1.75 bits per heavy atom. The number of piperidine rings is 1. The first-order chi connectivity index (χ1) is 22.5. The molecule has 3 amide bonds. The third-order valence-corrected chi connectivity index (χ3v) is 8.54. The maximum absolute atomic E-state index is 13.9. The second-order valence-corrected chi connectivity index (χ2v) is 12.5. The highest BCUT2D eigenvalue weighted by Gasteiger charge is 2.41. The zero-order valence-electron chi connectivity index (χ0n) is 26.2. The van der Waals surface area contributed by atoms with Crippen LogP contribution in [0.5, 0.6) is 11.5 Å². The maximum Gasteiger partial charge on any atom is 0.430 e. The fraction of sp³-hybridized carbons (Fsp3) is 0.375. The third kappa shape index (κ3) is 10.9. The number of amides is 3. The number of esters is 1. The molecule has 0 radical (unpaired) electrons. The minimum absolute atomic E-state index is 0.0985. The van der Waals surface area contributed by atoms with Gasteiger partial charge in [-0.3, -0.25) is 10.1 Å². The number of primary amides is 1. The van der Waals surface area contributed by atoms with Gasteiger partial charge < -0.3 is 40.0 Å². The van der Waals surface area contributed by atoms with Gasteiger partial charge in [-0.05, 0) is 61.7 Å². The number of urea groups is 1. The molecule has 16 heteroatoms. The number of carbonyl (C=O) groups is 4. The van der Waals surface area contributed by atoms with Crippen LogP contribution < -0.4 is 16.2 Å². The number of halogens is 3. The number of alkyl halides is 3. The van der Waals surface area contributed by atoms with Crippen LogP contribution >= 0.6 is 11.3 Å². The molecule has 1 aliphatic heterocycles. The SMILES string of the molecule is CCOC(=O)c1ccc(NC(=O)N([C@@H]2CCC[N+](C)(Cc3cccc(O)c3)C2)[C@@H](Cc2ccc(O)cc2)C(N)=O)s1.O=C([O-])C(F)(F)F. The number of hydrogen-bond donors (Lipinski definition) is 4. The highest BCUT2D eigenvalue weighted by Crippen LogP contribution is 2.29. The number of carboxylic acids is 1. The number of nitrogens with two attached hydrogens (primary N) is 1. The van der Waals surface area contributed by atoms with Gasteiger partial charge in [-0.1, -0.05) is 24.3 Å². The Hall–Kier alpha value is -4.83. The summed E-state index contributed by atoms with van der Waals surface area (Å²) in [6, 6.07) is 15.1. The van der Waals surface area contributed by atoms with Gasteiger partial charge in [0.1, 0.15) is 34.9 Å². The monoisotopic (exact) mass is 694 g/mol. The molecule has 1 aliphatic rings. The molecule has 0 saturated carbocycles. The van der Waals surface area contributed by atoms with Gasteiger partial charge >= 0.3 is 18.2 Å². The van der Waals surface area contributed by atoms with Crippen molar-refractivity contribution < 1.29 is 56.9 Å². The van der Waals surface area contributed by atoms with Crippen LogP contribution in [0, 0.1) is 0 Å². The van der Waals surface area contributed by atoms with Gasteiger partial charge in [0.2, 0.25) is 5.91 Å². The molecule has 1 fully saturated rings. The van der Waals surface area contributed by atoms with Crippen LogP contribution in [0.1, 0.15) is 40.6 Å². The first-order valence-electron chi connectivity index (χ1n) is 14.8. The van der Waals surface area contributed by atoms with Crippen molar-refractivity contribution in [2.45, 2.75) is 51.0 Å². The van der Waals surface area contributed by atoms with E-state index < -0.39 is 36.1 Å². The summed E-state index contributed by atoms with van der Waals surface area (Å²) in [5.41, 5.74) is 7.66. The summed E-state index contributed by atoms with van der Waals surface area (Å²) >= 11 is 1.10. The summed E-state index contributed by atoms with van der Waals surface area (Å²) in [5, 5.41) is 31.8. The van der Waals surface area contributed by atoms with E-state index in [1.54, 1.807) is 48.2 Å². The molecular formula is C32H37F3N4O8S. The van der Waals surface area contributed by atoms with Crippen LogP contribution in [-0.4, -0.2) is 88.5 Å². The molecule has 3 atom stereocenters. The fourth-order valence-corrected chi connectivity index (χ4v) is 6.30. The van der Waals surface area contributed by atoms with E-state index in [-0.39, 0.29) is 30.6 Å². The number of rotatable bonds is 10. The predicted molar refractivity (Wildman–Crippen MR) is 168 cm³/mol. The van der Waals surface area contributed by atoms with E-state index in [9.17, 15) is 37.8 Å². The Kier molecular flexibility index (Phi) is 12.8. The third-order valence-electron chi connectivity index (χ3n) is 7.56. The Bertz CT molecular complexity index is 1580. The number of phenolic OH excluding ortho intramolecular Hbond substituents is 2. The molecule has 1 unspecified atom stereocenters. The number of benzene rings is 2. The second kappa shape index (κ2) is 16.3. The van der Waals surface area contributed by atoms with Crippen LogP contribution in [0.4, 0.5) is 23.0 Å². The number of aromatic hydroxyl groups is 2. The molecule has 2 heterocycles. The Labute approximate surface area is 278 Å². The molecule has 3 aromatic rings. The van der Waals surface area contributed by atoms with Gasteiger partial charge in [0.05, 0.1) is 37.8 Å². The minimum atomic E-state index is -5.19. The van der Waals surface area contributed by atoms with Gasteiger partial charge in [0.15, 0.2) is 0 Å². The van der Waals surface area contributed by atoms with E-state index in [0.29, 0.717) is 33.9 Å².